The third kappa shape index (κ3) is 4.15. The van der Waals surface area contributed by atoms with E-state index < -0.39 is 0 Å². The lowest BCUT2D eigenvalue weighted by Gasteiger charge is -2.32. The number of hydrogen-bond acceptors (Lipinski definition) is 4. The first-order valence-electron chi connectivity index (χ1n) is 9.56. The molecule has 2 fully saturated rings. The van der Waals surface area contributed by atoms with Crippen LogP contribution in [0.15, 0.2) is 42.6 Å². The number of pyridine rings is 1. The van der Waals surface area contributed by atoms with E-state index >= 15 is 0 Å². The molecule has 4 rings (SSSR count). The summed E-state index contributed by atoms with van der Waals surface area (Å²) in [4.78, 5) is 18.8. The van der Waals surface area contributed by atoms with Crippen molar-refractivity contribution in [2.75, 3.05) is 23.3 Å². The Morgan fingerprint density at radius 3 is 2.38 bits per heavy atom. The van der Waals surface area contributed by atoms with Crippen molar-refractivity contribution in [3.8, 4) is 0 Å². The van der Waals surface area contributed by atoms with Gasteiger partial charge < -0.3 is 15.5 Å². The number of nitrogens with one attached hydrogen (secondary N) is 2. The van der Waals surface area contributed by atoms with Gasteiger partial charge in [-0.25, -0.2) is 4.98 Å². The topological polar surface area (TPSA) is 57.3 Å². The molecule has 1 saturated heterocycles. The van der Waals surface area contributed by atoms with E-state index in [1.165, 1.54) is 18.5 Å². The summed E-state index contributed by atoms with van der Waals surface area (Å²) >= 11 is 0. The quantitative estimate of drug-likeness (QED) is 0.857. The number of amides is 1. The minimum Gasteiger partial charge on any atom is -0.372 e. The van der Waals surface area contributed by atoms with E-state index in [1.807, 2.05) is 12.1 Å². The van der Waals surface area contributed by atoms with Crippen molar-refractivity contribution < 1.29 is 4.79 Å². The molecule has 0 bridgehead atoms. The van der Waals surface area contributed by atoms with E-state index in [-0.39, 0.29) is 5.91 Å². The van der Waals surface area contributed by atoms with Gasteiger partial charge in [-0.05, 0) is 68.0 Å². The SMILES string of the molecule is CC1CCN(c2ccc(Nc3ccc(C(=O)NC4CC4)cn3)cc2)CC1. The molecule has 26 heavy (non-hydrogen) atoms. The minimum absolute atomic E-state index is 0.0354. The fourth-order valence-corrected chi connectivity index (χ4v) is 3.27. The number of piperidine rings is 1. The van der Waals surface area contributed by atoms with Gasteiger partial charge in [-0.3, -0.25) is 4.79 Å². The van der Waals surface area contributed by atoms with E-state index in [0.29, 0.717) is 11.6 Å². The summed E-state index contributed by atoms with van der Waals surface area (Å²) in [6.45, 7) is 4.61. The predicted octanol–water partition coefficient (Wildman–Crippen LogP) is 3.95. The highest BCUT2D eigenvalue weighted by Gasteiger charge is 2.23. The van der Waals surface area contributed by atoms with Gasteiger partial charge in [0.05, 0.1) is 5.56 Å². The molecule has 0 unspecified atom stereocenters. The normalized spacial score (nSPS) is 17.8. The zero-order valence-electron chi connectivity index (χ0n) is 15.2. The summed E-state index contributed by atoms with van der Waals surface area (Å²) in [5.41, 5.74) is 2.89. The van der Waals surface area contributed by atoms with Crippen LogP contribution in [-0.4, -0.2) is 30.0 Å². The molecule has 0 spiro atoms. The Morgan fingerprint density at radius 2 is 1.77 bits per heavy atom. The van der Waals surface area contributed by atoms with Crippen molar-refractivity contribution in [1.29, 1.82) is 0 Å². The predicted molar refractivity (Wildman–Crippen MR) is 105 cm³/mol. The van der Waals surface area contributed by atoms with Crippen LogP contribution in [0.25, 0.3) is 0 Å². The van der Waals surface area contributed by atoms with Crippen molar-refractivity contribution in [2.24, 2.45) is 5.92 Å². The maximum absolute atomic E-state index is 12.0. The molecule has 1 saturated carbocycles. The molecule has 5 nitrogen and oxygen atoms in total. The van der Waals surface area contributed by atoms with Crippen LogP contribution in [0.5, 0.6) is 0 Å². The molecule has 1 aliphatic heterocycles. The average Bonchev–Trinajstić information content (AvgIpc) is 3.48. The number of aromatic nitrogens is 1. The summed E-state index contributed by atoms with van der Waals surface area (Å²) in [5, 5.41) is 6.27. The number of carbonyl (C=O) groups is 1. The molecule has 0 atom stereocenters. The van der Waals surface area contributed by atoms with E-state index in [1.54, 1.807) is 6.20 Å². The summed E-state index contributed by atoms with van der Waals surface area (Å²) in [6.07, 6.45) is 6.34. The van der Waals surface area contributed by atoms with Gasteiger partial charge in [0.25, 0.3) is 5.91 Å². The van der Waals surface area contributed by atoms with Gasteiger partial charge in [0.15, 0.2) is 0 Å². The van der Waals surface area contributed by atoms with Crippen molar-refractivity contribution in [1.82, 2.24) is 10.3 Å². The standard InChI is InChI=1S/C21H26N4O/c1-15-10-12-25(13-11-15)19-7-5-17(6-8-19)23-20-9-2-16(14-22-20)21(26)24-18-3-4-18/h2,5-9,14-15,18H,3-4,10-13H2,1H3,(H,22,23)(H,24,26). The summed E-state index contributed by atoms with van der Waals surface area (Å²) < 4.78 is 0. The van der Waals surface area contributed by atoms with Crippen LogP contribution in [0.3, 0.4) is 0 Å². The van der Waals surface area contributed by atoms with Crippen LogP contribution in [0, 0.1) is 5.92 Å². The van der Waals surface area contributed by atoms with Gasteiger partial charge >= 0.3 is 0 Å². The van der Waals surface area contributed by atoms with E-state index in [0.717, 1.165) is 43.4 Å². The monoisotopic (exact) mass is 350 g/mol. The number of benzene rings is 1. The molecule has 136 valence electrons. The Hall–Kier alpha value is -2.56. The first-order valence-corrected chi connectivity index (χ1v) is 9.56. The molecule has 2 aliphatic rings. The van der Waals surface area contributed by atoms with Gasteiger partial charge in [-0.1, -0.05) is 6.92 Å². The molecule has 1 amide bonds. The maximum atomic E-state index is 12.0. The maximum Gasteiger partial charge on any atom is 0.253 e. The average molecular weight is 350 g/mol. The minimum atomic E-state index is -0.0354. The van der Waals surface area contributed by atoms with Crippen LogP contribution >= 0.6 is 0 Å². The molecule has 0 radical (unpaired) electrons. The molecule has 1 aromatic carbocycles. The molecule has 1 aromatic heterocycles. The van der Waals surface area contributed by atoms with Gasteiger partial charge in [-0.15, -0.1) is 0 Å². The van der Waals surface area contributed by atoms with E-state index in [9.17, 15) is 4.79 Å². The number of rotatable bonds is 5. The molecular weight excluding hydrogens is 324 g/mol. The number of nitrogens with zero attached hydrogens (tertiary/aromatic N) is 2. The number of hydrogen-bond donors (Lipinski definition) is 2. The summed E-state index contributed by atoms with van der Waals surface area (Å²) in [5.74, 6) is 1.55. The number of carbonyl (C=O) groups excluding carboxylic acids is 1. The highest BCUT2D eigenvalue weighted by atomic mass is 16.1. The Labute approximate surface area is 154 Å². The van der Waals surface area contributed by atoms with Crippen molar-refractivity contribution in [3.63, 3.8) is 0 Å². The molecule has 2 heterocycles. The van der Waals surface area contributed by atoms with Crippen LogP contribution in [0.2, 0.25) is 0 Å². The molecule has 5 heteroatoms. The first-order chi connectivity index (χ1) is 12.7. The van der Waals surface area contributed by atoms with Crippen LogP contribution in [0.1, 0.15) is 43.0 Å². The van der Waals surface area contributed by atoms with E-state index in [4.69, 9.17) is 0 Å². The van der Waals surface area contributed by atoms with Gasteiger partial charge in [0, 0.05) is 36.7 Å². The van der Waals surface area contributed by atoms with Crippen molar-refractivity contribution in [2.45, 2.75) is 38.6 Å². The highest BCUT2D eigenvalue weighted by molar-refractivity contribution is 5.94. The highest BCUT2D eigenvalue weighted by Crippen LogP contribution is 2.25. The van der Waals surface area contributed by atoms with Gasteiger partial charge in [-0.2, -0.15) is 0 Å². The molecule has 2 N–H and O–H groups in total. The third-order valence-corrected chi connectivity index (χ3v) is 5.23. The van der Waals surface area contributed by atoms with Crippen LogP contribution in [-0.2, 0) is 0 Å². The van der Waals surface area contributed by atoms with Crippen molar-refractivity contribution in [3.05, 3.63) is 48.2 Å². The second kappa shape index (κ2) is 7.36. The largest absolute Gasteiger partial charge is 0.372 e. The van der Waals surface area contributed by atoms with Crippen molar-refractivity contribution >= 4 is 23.1 Å². The zero-order chi connectivity index (χ0) is 17.9. The van der Waals surface area contributed by atoms with E-state index in [2.05, 4.69) is 51.7 Å². The Bertz CT molecular complexity index is 745. The molecule has 1 aliphatic carbocycles. The van der Waals surface area contributed by atoms with Gasteiger partial charge in [0.2, 0.25) is 0 Å². The fraction of sp³-hybridized carbons (Fsp3) is 0.429. The fourth-order valence-electron chi connectivity index (χ4n) is 3.27. The lowest BCUT2D eigenvalue weighted by atomic mass is 9.99. The zero-order valence-corrected chi connectivity index (χ0v) is 15.2. The Kier molecular flexibility index (Phi) is 4.78. The smallest absolute Gasteiger partial charge is 0.253 e. The third-order valence-electron chi connectivity index (χ3n) is 5.23. The second-order valence-corrected chi connectivity index (χ2v) is 7.52. The summed E-state index contributed by atoms with van der Waals surface area (Å²) in [6, 6.07) is 12.5. The lowest BCUT2D eigenvalue weighted by molar-refractivity contribution is 0.0951. The molecule has 2 aromatic rings. The second-order valence-electron chi connectivity index (χ2n) is 7.52. The first kappa shape index (κ1) is 16.9. The number of anilines is 3. The Balaban J connectivity index is 1.35. The summed E-state index contributed by atoms with van der Waals surface area (Å²) in [7, 11) is 0. The molecular formula is C21H26N4O. The lowest BCUT2D eigenvalue weighted by Crippen LogP contribution is -2.32. The van der Waals surface area contributed by atoms with Crippen LogP contribution < -0.4 is 15.5 Å². The van der Waals surface area contributed by atoms with Gasteiger partial charge in [0.1, 0.15) is 5.82 Å². The van der Waals surface area contributed by atoms with Crippen LogP contribution in [0.4, 0.5) is 17.2 Å². The Morgan fingerprint density at radius 1 is 1.04 bits per heavy atom.